The SMILES string of the molecule is COc1ccc(-c2ccc(N3CCCN(C(=O)CN(C(=O)c4ccc(F)cc4)C4CC4)CC3)nn2)c(OC)c1. The van der Waals surface area contributed by atoms with Gasteiger partial charge in [0.15, 0.2) is 5.82 Å². The summed E-state index contributed by atoms with van der Waals surface area (Å²) in [5.41, 5.74) is 1.91. The highest BCUT2D eigenvalue weighted by Gasteiger charge is 2.35. The van der Waals surface area contributed by atoms with E-state index in [4.69, 9.17) is 9.47 Å². The van der Waals surface area contributed by atoms with Gasteiger partial charge in [-0.3, -0.25) is 9.59 Å². The van der Waals surface area contributed by atoms with E-state index in [0.717, 1.165) is 37.2 Å². The van der Waals surface area contributed by atoms with Crippen molar-refractivity contribution in [2.75, 3.05) is 51.8 Å². The first-order valence-corrected chi connectivity index (χ1v) is 13.1. The number of hydrogen-bond donors (Lipinski definition) is 0. The Morgan fingerprint density at radius 2 is 1.74 bits per heavy atom. The third-order valence-electron chi connectivity index (χ3n) is 7.15. The lowest BCUT2D eigenvalue weighted by molar-refractivity contribution is -0.131. The topological polar surface area (TPSA) is 88.1 Å². The third-order valence-corrected chi connectivity index (χ3v) is 7.15. The molecule has 5 rings (SSSR count). The van der Waals surface area contributed by atoms with Crippen LogP contribution in [0.5, 0.6) is 11.5 Å². The highest BCUT2D eigenvalue weighted by Crippen LogP contribution is 2.32. The average Bonchev–Trinajstić information content (AvgIpc) is 3.83. The number of benzene rings is 2. The van der Waals surface area contributed by atoms with Crippen molar-refractivity contribution in [2.45, 2.75) is 25.3 Å². The van der Waals surface area contributed by atoms with Crippen molar-refractivity contribution < 1.29 is 23.5 Å². The summed E-state index contributed by atoms with van der Waals surface area (Å²) in [5, 5.41) is 8.89. The van der Waals surface area contributed by atoms with Crippen LogP contribution in [0.25, 0.3) is 11.3 Å². The van der Waals surface area contributed by atoms with E-state index in [1.165, 1.54) is 24.3 Å². The number of hydrogen-bond acceptors (Lipinski definition) is 7. The lowest BCUT2D eigenvalue weighted by Crippen LogP contribution is -2.45. The van der Waals surface area contributed by atoms with Crippen LogP contribution in [0.4, 0.5) is 10.2 Å². The van der Waals surface area contributed by atoms with E-state index in [-0.39, 0.29) is 24.4 Å². The van der Waals surface area contributed by atoms with E-state index in [2.05, 4.69) is 15.1 Å². The Kier molecular flexibility index (Phi) is 7.90. The van der Waals surface area contributed by atoms with Gasteiger partial charge in [-0.2, -0.15) is 0 Å². The fourth-order valence-electron chi connectivity index (χ4n) is 4.80. The molecule has 2 heterocycles. The lowest BCUT2D eigenvalue weighted by atomic mass is 10.1. The van der Waals surface area contributed by atoms with Crippen LogP contribution >= 0.6 is 0 Å². The number of halogens is 1. The van der Waals surface area contributed by atoms with Gasteiger partial charge in [0.1, 0.15) is 23.9 Å². The van der Waals surface area contributed by atoms with Crippen LogP contribution in [0.2, 0.25) is 0 Å². The second-order valence-electron chi connectivity index (χ2n) is 9.74. The molecule has 0 bridgehead atoms. The fraction of sp³-hybridized carbons (Fsp3) is 0.379. The summed E-state index contributed by atoms with van der Waals surface area (Å²) in [6, 6.07) is 14.9. The zero-order valence-electron chi connectivity index (χ0n) is 22.2. The summed E-state index contributed by atoms with van der Waals surface area (Å²) in [5.74, 6) is 1.39. The second kappa shape index (κ2) is 11.7. The van der Waals surface area contributed by atoms with Crippen LogP contribution in [0.1, 0.15) is 29.6 Å². The minimum absolute atomic E-state index is 0.0269. The molecule has 2 aromatic carbocycles. The summed E-state index contributed by atoms with van der Waals surface area (Å²) < 4.78 is 24.1. The first kappa shape index (κ1) is 26.4. The van der Waals surface area contributed by atoms with Crippen molar-refractivity contribution in [2.24, 2.45) is 0 Å². The predicted octanol–water partition coefficient (Wildman–Crippen LogP) is 3.64. The van der Waals surface area contributed by atoms with Crippen molar-refractivity contribution in [3.8, 4) is 22.8 Å². The van der Waals surface area contributed by atoms with Gasteiger partial charge in [-0.25, -0.2) is 4.39 Å². The molecule has 0 N–H and O–H groups in total. The van der Waals surface area contributed by atoms with E-state index in [0.29, 0.717) is 42.4 Å². The quantitative estimate of drug-likeness (QED) is 0.437. The Balaban J connectivity index is 1.21. The van der Waals surface area contributed by atoms with Crippen molar-refractivity contribution in [1.82, 2.24) is 20.0 Å². The molecular weight excluding hydrogens is 501 g/mol. The van der Waals surface area contributed by atoms with Gasteiger partial charge in [-0.05, 0) is 67.8 Å². The number of carbonyl (C=O) groups is 2. The summed E-state index contributed by atoms with van der Waals surface area (Å²) in [6.07, 6.45) is 2.53. The molecule has 0 unspecified atom stereocenters. The number of rotatable bonds is 8. The van der Waals surface area contributed by atoms with Gasteiger partial charge in [0.2, 0.25) is 5.91 Å². The van der Waals surface area contributed by atoms with Crippen LogP contribution in [0.3, 0.4) is 0 Å². The van der Waals surface area contributed by atoms with E-state index in [1.807, 2.05) is 35.2 Å². The lowest BCUT2D eigenvalue weighted by Gasteiger charge is -2.27. The maximum atomic E-state index is 13.3. The van der Waals surface area contributed by atoms with Crippen molar-refractivity contribution in [3.63, 3.8) is 0 Å². The van der Waals surface area contributed by atoms with Crippen molar-refractivity contribution in [1.29, 1.82) is 0 Å². The average molecular weight is 534 g/mol. The number of anilines is 1. The van der Waals surface area contributed by atoms with E-state index < -0.39 is 5.82 Å². The Morgan fingerprint density at radius 1 is 0.949 bits per heavy atom. The number of aromatic nitrogens is 2. The molecule has 1 aliphatic carbocycles. The molecule has 204 valence electrons. The number of nitrogens with zero attached hydrogens (tertiary/aromatic N) is 5. The third kappa shape index (κ3) is 6.10. The highest BCUT2D eigenvalue weighted by molar-refractivity contribution is 5.97. The first-order valence-electron chi connectivity index (χ1n) is 13.1. The van der Waals surface area contributed by atoms with Crippen LogP contribution in [0.15, 0.2) is 54.6 Å². The Hall–Kier alpha value is -4.21. The molecule has 39 heavy (non-hydrogen) atoms. The molecule has 3 aromatic rings. The molecule has 1 aliphatic heterocycles. The monoisotopic (exact) mass is 533 g/mol. The summed E-state index contributed by atoms with van der Waals surface area (Å²) in [6.45, 7) is 2.51. The molecule has 2 amide bonds. The molecule has 0 spiro atoms. The zero-order chi connectivity index (χ0) is 27.4. The normalized spacial score (nSPS) is 15.5. The molecule has 2 fully saturated rings. The Morgan fingerprint density at radius 3 is 2.41 bits per heavy atom. The van der Waals surface area contributed by atoms with Gasteiger partial charge in [0.25, 0.3) is 5.91 Å². The summed E-state index contributed by atoms with van der Waals surface area (Å²) >= 11 is 0. The van der Waals surface area contributed by atoms with E-state index >= 15 is 0 Å². The van der Waals surface area contributed by atoms with Gasteiger partial charge in [-0.1, -0.05) is 0 Å². The number of carbonyl (C=O) groups excluding carboxylic acids is 2. The number of methoxy groups -OCH3 is 2. The summed E-state index contributed by atoms with van der Waals surface area (Å²) in [7, 11) is 3.21. The predicted molar refractivity (Wildman–Crippen MR) is 144 cm³/mol. The minimum Gasteiger partial charge on any atom is -0.497 e. The molecule has 1 saturated carbocycles. The largest absolute Gasteiger partial charge is 0.497 e. The van der Waals surface area contributed by atoms with Gasteiger partial charge in [-0.15, -0.1) is 10.2 Å². The molecule has 1 aromatic heterocycles. The molecular formula is C29H32FN5O4. The van der Waals surface area contributed by atoms with E-state index in [9.17, 15) is 14.0 Å². The second-order valence-corrected chi connectivity index (χ2v) is 9.74. The summed E-state index contributed by atoms with van der Waals surface area (Å²) in [4.78, 5) is 31.9. The van der Waals surface area contributed by atoms with Gasteiger partial charge in [0, 0.05) is 49.4 Å². The maximum Gasteiger partial charge on any atom is 0.254 e. The number of ether oxygens (including phenoxy) is 2. The molecule has 9 nitrogen and oxygen atoms in total. The molecule has 1 saturated heterocycles. The molecule has 2 aliphatic rings. The minimum atomic E-state index is -0.394. The molecule has 0 radical (unpaired) electrons. The van der Waals surface area contributed by atoms with E-state index in [1.54, 1.807) is 19.1 Å². The van der Waals surface area contributed by atoms with Crippen LogP contribution in [-0.2, 0) is 4.79 Å². The first-order chi connectivity index (χ1) is 19.0. The van der Waals surface area contributed by atoms with Crippen LogP contribution in [0, 0.1) is 5.82 Å². The Bertz CT molecular complexity index is 1310. The van der Waals surface area contributed by atoms with Gasteiger partial charge < -0.3 is 24.2 Å². The van der Waals surface area contributed by atoms with Crippen molar-refractivity contribution >= 4 is 17.6 Å². The van der Waals surface area contributed by atoms with Gasteiger partial charge >= 0.3 is 0 Å². The Labute approximate surface area is 227 Å². The van der Waals surface area contributed by atoms with Crippen molar-refractivity contribution in [3.05, 3.63) is 66.0 Å². The smallest absolute Gasteiger partial charge is 0.254 e. The zero-order valence-corrected chi connectivity index (χ0v) is 22.2. The molecule has 10 heteroatoms. The van der Waals surface area contributed by atoms with Crippen LogP contribution < -0.4 is 14.4 Å². The standard InChI is InChI=1S/C29H32FN5O4/c1-38-23-10-11-24(26(18-23)39-2)25-12-13-27(32-31-25)33-14-3-15-34(17-16-33)28(36)19-35(22-8-9-22)29(37)20-4-6-21(30)7-5-20/h4-7,10-13,18,22H,3,8-9,14-17,19H2,1-2H3. The maximum absolute atomic E-state index is 13.3. The number of amides is 2. The van der Waals surface area contributed by atoms with Crippen LogP contribution in [-0.4, -0.2) is 84.8 Å². The fourth-order valence-corrected chi connectivity index (χ4v) is 4.80. The molecule has 0 atom stereocenters. The van der Waals surface area contributed by atoms with Gasteiger partial charge in [0.05, 0.1) is 19.9 Å². The highest BCUT2D eigenvalue weighted by atomic mass is 19.1.